The van der Waals surface area contributed by atoms with E-state index in [0.29, 0.717) is 0 Å². The summed E-state index contributed by atoms with van der Waals surface area (Å²) in [4.78, 5) is 0. The summed E-state index contributed by atoms with van der Waals surface area (Å²) in [6, 6.07) is 8.67. The van der Waals surface area contributed by atoms with Crippen LogP contribution in [0.25, 0.3) is 0 Å². The average molecular weight is 205 g/mol. The van der Waals surface area contributed by atoms with E-state index in [1.54, 1.807) is 0 Å². The summed E-state index contributed by atoms with van der Waals surface area (Å²) in [7, 11) is 0. The molecule has 0 spiro atoms. The number of ether oxygens (including phenoxy) is 1. The fraction of sp³-hybridized carbons (Fsp3) is 0.538. The minimum atomic E-state index is 0.188. The van der Waals surface area contributed by atoms with Gasteiger partial charge >= 0.3 is 0 Å². The molecule has 1 fully saturated rings. The van der Waals surface area contributed by atoms with Gasteiger partial charge in [-0.1, -0.05) is 29.8 Å². The lowest BCUT2D eigenvalue weighted by molar-refractivity contribution is 0.154. The van der Waals surface area contributed by atoms with E-state index in [4.69, 9.17) is 10.5 Å². The number of aryl methyl sites for hydroxylation is 1. The van der Waals surface area contributed by atoms with Crippen molar-refractivity contribution >= 4 is 0 Å². The van der Waals surface area contributed by atoms with Crippen LogP contribution in [0.15, 0.2) is 24.3 Å². The van der Waals surface area contributed by atoms with Crippen molar-refractivity contribution in [3.05, 3.63) is 35.4 Å². The highest BCUT2D eigenvalue weighted by atomic mass is 16.5. The zero-order chi connectivity index (χ0) is 10.7. The van der Waals surface area contributed by atoms with Crippen LogP contribution in [-0.2, 0) is 11.2 Å². The van der Waals surface area contributed by atoms with Gasteiger partial charge in [0.25, 0.3) is 0 Å². The molecule has 1 aliphatic rings. The minimum absolute atomic E-state index is 0.188. The standard InChI is InChI=1S/C13H19NO/c1-11-3-2-4-12(7-11)8-13(9-14)5-6-15-10-13/h2-4,7H,5-6,8-10,14H2,1H3. The SMILES string of the molecule is Cc1cccc(CC2(CN)CCOC2)c1. The van der Waals surface area contributed by atoms with Crippen molar-refractivity contribution < 1.29 is 4.74 Å². The maximum atomic E-state index is 5.87. The molecule has 1 unspecified atom stereocenters. The first kappa shape index (κ1) is 10.7. The Morgan fingerprint density at radius 3 is 2.93 bits per heavy atom. The van der Waals surface area contributed by atoms with Gasteiger partial charge in [-0.25, -0.2) is 0 Å². The Morgan fingerprint density at radius 2 is 2.33 bits per heavy atom. The lowest BCUT2D eigenvalue weighted by Crippen LogP contribution is -2.33. The van der Waals surface area contributed by atoms with Crippen LogP contribution in [-0.4, -0.2) is 19.8 Å². The molecule has 0 bridgehead atoms. The number of rotatable bonds is 3. The smallest absolute Gasteiger partial charge is 0.0538 e. The van der Waals surface area contributed by atoms with Gasteiger partial charge in [0.1, 0.15) is 0 Å². The molecule has 1 atom stereocenters. The van der Waals surface area contributed by atoms with Crippen molar-refractivity contribution in [3.63, 3.8) is 0 Å². The van der Waals surface area contributed by atoms with E-state index >= 15 is 0 Å². The van der Waals surface area contributed by atoms with Gasteiger partial charge in [-0.05, 0) is 25.3 Å². The molecule has 0 radical (unpaired) electrons. The first-order valence-electron chi connectivity index (χ1n) is 5.57. The molecule has 0 amide bonds. The molecule has 1 heterocycles. The normalized spacial score (nSPS) is 25.7. The fourth-order valence-corrected chi connectivity index (χ4v) is 2.28. The lowest BCUT2D eigenvalue weighted by atomic mass is 9.81. The number of hydrogen-bond donors (Lipinski definition) is 1. The van der Waals surface area contributed by atoms with Crippen LogP contribution >= 0.6 is 0 Å². The molecule has 2 N–H and O–H groups in total. The van der Waals surface area contributed by atoms with E-state index in [1.165, 1.54) is 11.1 Å². The number of nitrogens with two attached hydrogens (primary N) is 1. The highest BCUT2D eigenvalue weighted by Crippen LogP contribution is 2.31. The van der Waals surface area contributed by atoms with Crippen LogP contribution < -0.4 is 5.73 Å². The van der Waals surface area contributed by atoms with Crippen molar-refractivity contribution in [2.45, 2.75) is 19.8 Å². The Labute approximate surface area is 91.4 Å². The highest BCUT2D eigenvalue weighted by Gasteiger charge is 2.33. The van der Waals surface area contributed by atoms with Gasteiger partial charge in [-0.3, -0.25) is 0 Å². The second-order valence-corrected chi connectivity index (χ2v) is 4.67. The Kier molecular flexibility index (Phi) is 3.08. The molecule has 82 valence electrons. The maximum absolute atomic E-state index is 5.87. The zero-order valence-electron chi connectivity index (χ0n) is 9.33. The summed E-state index contributed by atoms with van der Waals surface area (Å²) >= 11 is 0. The van der Waals surface area contributed by atoms with E-state index in [0.717, 1.165) is 32.6 Å². The molecule has 2 nitrogen and oxygen atoms in total. The van der Waals surface area contributed by atoms with Gasteiger partial charge < -0.3 is 10.5 Å². The first-order valence-corrected chi connectivity index (χ1v) is 5.57. The molecule has 0 aliphatic carbocycles. The average Bonchev–Trinajstić information content (AvgIpc) is 2.67. The van der Waals surface area contributed by atoms with Crippen LogP contribution in [0.5, 0.6) is 0 Å². The predicted octanol–water partition coefficient (Wildman–Crippen LogP) is 1.90. The van der Waals surface area contributed by atoms with Gasteiger partial charge in [-0.2, -0.15) is 0 Å². The van der Waals surface area contributed by atoms with Crippen molar-refractivity contribution in [1.29, 1.82) is 0 Å². The first-order chi connectivity index (χ1) is 7.24. The lowest BCUT2D eigenvalue weighted by Gasteiger charge is -2.25. The molecule has 2 heteroatoms. The zero-order valence-corrected chi connectivity index (χ0v) is 9.33. The molecule has 1 aromatic carbocycles. The van der Waals surface area contributed by atoms with E-state index < -0.39 is 0 Å². The summed E-state index contributed by atoms with van der Waals surface area (Å²) < 4.78 is 5.47. The topological polar surface area (TPSA) is 35.2 Å². The van der Waals surface area contributed by atoms with Gasteiger partial charge in [0, 0.05) is 18.6 Å². The predicted molar refractivity (Wildman–Crippen MR) is 61.8 cm³/mol. The van der Waals surface area contributed by atoms with E-state index in [-0.39, 0.29) is 5.41 Å². The van der Waals surface area contributed by atoms with E-state index in [9.17, 15) is 0 Å². The Hall–Kier alpha value is -0.860. The molecular weight excluding hydrogens is 186 g/mol. The third kappa shape index (κ3) is 2.39. The second kappa shape index (κ2) is 4.33. The minimum Gasteiger partial charge on any atom is -0.381 e. The third-order valence-corrected chi connectivity index (χ3v) is 3.28. The van der Waals surface area contributed by atoms with Crippen molar-refractivity contribution in [2.24, 2.45) is 11.1 Å². The quantitative estimate of drug-likeness (QED) is 0.818. The molecular formula is C13H19NO. The van der Waals surface area contributed by atoms with Gasteiger partial charge in [0.15, 0.2) is 0 Å². The molecule has 0 saturated carbocycles. The number of hydrogen-bond acceptors (Lipinski definition) is 2. The molecule has 1 aliphatic heterocycles. The Morgan fingerprint density at radius 1 is 1.47 bits per heavy atom. The molecule has 1 aromatic rings. The summed E-state index contributed by atoms with van der Waals surface area (Å²) in [6.07, 6.45) is 2.14. The second-order valence-electron chi connectivity index (χ2n) is 4.67. The summed E-state index contributed by atoms with van der Waals surface area (Å²) in [6.45, 7) is 4.53. The molecule has 2 rings (SSSR count). The summed E-state index contributed by atoms with van der Waals surface area (Å²) in [5.74, 6) is 0. The Bertz CT molecular complexity index is 329. The largest absolute Gasteiger partial charge is 0.381 e. The molecule has 15 heavy (non-hydrogen) atoms. The van der Waals surface area contributed by atoms with Gasteiger partial charge in [0.05, 0.1) is 6.61 Å². The van der Waals surface area contributed by atoms with Crippen molar-refractivity contribution in [1.82, 2.24) is 0 Å². The van der Waals surface area contributed by atoms with E-state index in [1.807, 2.05) is 0 Å². The highest BCUT2D eigenvalue weighted by molar-refractivity contribution is 5.23. The molecule has 0 aromatic heterocycles. The fourth-order valence-electron chi connectivity index (χ4n) is 2.28. The van der Waals surface area contributed by atoms with Crippen LogP contribution in [0.4, 0.5) is 0 Å². The summed E-state index contributed by atoms with van der Waals surface area (Å²) in [5, 5.41) is 0. The van der Waals surface area contributed by atoms with Crippen molar-refractivity contribution in [2.75, 3.05) is 19.8 Å². The van der Waals surface area contributed by atoms with Crippen LogP contribution in [0.2, 0.25) is 0 Å². The van der Waals surface area contributed by atoms with Gasteiger partial charge in [0.2, 0.25) is 0 Å². The van der Waals surface area contributed by atoms with Crippen LogP contribution in [0, 0.1) is 12.3 Å². The van der Waals surface area contributed by atoms with Gasteiger partial charge in [-0.15, -0.1) is 0 Å². The van der Waals surface area contributed by atoms with Crippen molar-refractivity contribution in [3.8, 4) is 0 Å². The van der Waals surface area contributed by atoms with Crippen LogP contribution in [0.1, 0.15) is 17.5 Å². The monoisotopic (exact) mass is 205 g/mol. The number of benzene rings is 1. The molecule has 1 saturated heterocycles. The third-order valence-electron chi connectivity index (χ3n) is 3.28. The van der Waals surface area contributed by atoms with E-state index in [2.05, 4.69) is 31.2 Å². The summed E-state index contributed by atoms with van der Waals surface area (Å²) in [5.41, 5.74) is 8.76. The maximum Gasteiger partial charge on any atom is 0.0538 e. The van der Waals surface area contributed by atoms with Crippen LogP contribution in [0.3, 0.4) is 0 Å². The Balaban J connectivity index is 2.12.